The first-order valence-electron chi connectivity index (χ1n) is 6.47. The molecular formula is C13H25FN2O2. The van der Waals surface area contributed by atoms with E-state index in [1.165, 1.54) is 0 Å². The summed E-state index contributed by atoms with van der Waals surface area (Å²) in [5.74, 6) is -0.127. The van der Waals surface area contributed by atoms with Gasteiger partial charge in [-0.2, -0.15) is 0 Å². The molecule has 106 valence electrons. The fourth-order valence-electron chi connectivity index (χ4n) is 2.23. The van der Waals surface area contributed by atoms with Crippen molar-refractivity contribution in [2.45, 2.75) is 45.4 Å². The SMILES string of the molecule is CNCC(C)(F)C1CCN(C(=O)OC(C)(C)C)C1. The molecule has 1 saturated heterocycles. The molecule has 0 aromatic rings. The average Bonchev–Trinajstić information content (AvgIpc) is 2.63. The normalized spacial score (nSPS) is 23.9. The number of ether oxygens (including phenoxy) is 1. The summed E-state index contributed by atoms with van der Waals surface area (Å²) in [5.41, 5.74) is -1.79. The Morgan fingerprint density at radius 1 is 1.44 bits per heavy atom. The summed E-state index contributed by atoms with van der Waals surface area (Å²) in [4.78, 5) is 13.5. The van der Waals surface area contributed by atoms with Gasteiger partial charge in [0.2, 0.25) is 0 Å². The molecule has 4 nitrogen and oxygen atoms in total. The standard InChI is InChI=1S/C13H25FN2O2/c1-12(2,3)18-11(17)16-7-6-10(8-16)13(4,14)9-15-5/h10,15H,6-9H2,1-5H3. The molecule has 2 unspecified atom stereocenters. The maximum absolute atomic E-state index is 14.3. The van der Waals surface area contributed by atoms with Gasteiger partial charge in [0.15, 0.2) is 0 Å². The summed E-state index contributed by atoms with van der Waals surface area (Å²) in [6.07, 6.45) is 0.346. The van der Waals surface area contributed by atoms with Gasteiger partial charge in [-0.1, -0.05) is 0 Å². The number of likely N-dealkylation sites (tertiary alicyclic amines) is 1. The van der Waals surface area contributed by atoms with Crippen LogP contribution in [-0.4, -0.2) is 48.9 Å². The molecule has 1 rings (SSSR count). The molecule has 1 amide bonds. The number of nitrogens with one attached hydrogen (secondary N) is 1. The lowest BCUT2D eigenvalue weighted by molar-refractivity contribution is 0.0263. The predicted molar refractivity (Wildman–Crippen MR) is 69.4 cm³/mol. The first kappa shape index (κ1) is 15.2. The Balaban J connectivity index is 2.53. The fourth-order valence-corrected chi connectivity index (χ4v) is 2.23. The second kappa shape index (κ2) is 5.43. The lowest BCUT2D eigenvalue weighted by atomic mass is 9.90. The van der Waals surface area contributed by atoms with Gasteiger partial charge >= 0.3 is 6.09 Å². The van der Waals surface area contributed by atoms with E-state index < -0.39 is 11.3 Å². The van der Waals surface area contributed by atoms with E-state index in [4.69, 9.17) is 4.74 Å². The van der Waals surface area contributed by atoms with Crippen molar-refractivity contribution in [1.82, 2.24) is 10.2 Å². The molecule has 0 radical (unpaired) electrons. The van der Waals surface area contributed by atoms with Crippen LogP contribution in [0.15, 0.2) is 0 Å². The number of hydrogen-bond donors (Lipinski definition) is 1. The maximum atomic E-state index is 14.3. The number of rotatable bonds is 3. The molecule has 1 N–H and O–H groups in total. The summed E-state index contributed by atoms with van der Waals surface area (Å²) in [5, 5.41) is 2.86. The van der Waals surface area contributed by atoms with E-state index in [1.54, 1.807) is 18.9 Å². The van der Waals surface area contributed by atoms with Crippen molar-refractivity contribution in [3.8, 4) is 0 Å². The van der Waals surface area contributed by atoms with Gasteiger partial charge in [-0.15, -0.1) is 0 Å². The lowest BCUT2D eigenvalue weighted by Crippen LogP contribution is -2.42. The van der Waals surface area contributed by atoms with Crippen molar-refractivity contribution in [2.75, 3.05) is 26.7 Å². The van der Waals surface area contributed by atoms with Crippen LogP contribution in [0.1, 0.15) is 34.1 Å². The van der Waals surface area contributed by atoms with Crippen LogP contribution in [0.2, 0.25) is 0 Å². The quantitative estimate of drug-likeness (QED) is 0.845. The highest BCUT2D eigenvalue weighted by Crippen LogP contribution is 2.31. The van der Waals surface area contributed by atoms with Crippen LogP contribution < -0.4 is 5.32 Å². The van der Waals surface area contributed by atoms with Gasteiger partial charge in [0, 0.05) is 25.6 Å². The topological polar surface area (TPSA) is 41.6 Å². The Kier molecular flexibility index (Phi) is 4.59. The van der Waals surface area contributed by atoms with Crippen LogP contribution in [0.3, 0.4) is 0 Å². The molecule has 1 heterocycles. The highest BCUT2D eigenvalue weighted by Gasteiger charge is 2.40. The Bertz CT molecular complexity index is 300. The van der Waals surface area contributed by atoms with Crippen LogP contribution in [0.5, 0.6) is 0 Å². The van der Waals surface area contributed by atoms with Crippen LogP contribution in [0.25, 0.3) is 0 Å². The van der Waals surface area contributed by atoms with Crippen LogP contribution >= 0.6 is 0 Å². The Hall–Kier alpha value is -0.840. The summed E-state index contributed by atoms with van der Waals surface area (Å²) >= 11 is 0. The molecule has 1 aliphatic heterocycles. The summed E-state index contributed by atoms with van der Waals surface area (Å²) in [7, 11) is 1.73. The smallest absolute Gasteiger partial charge is 0.410 e. The molecule has 5 heteroatoms. The Morgan fingerprint density at radius 3 is 2.56 bits per heavy atom. The van der Waals surface area contributed by atoms with Crippen molar-refractivity contribution in [3.05, 3.63) is 0 Å². The zero-order valence-electron chi connectivity index (χ0n) is 12.0. The molecule has 0 aromatic heterocycles. The number of halogens is 1. The maximum Gasteiger partial charge on any atom is 0.410 e. The number of hydrogen-bond acceptors (Lipinski definition) is 3. The zero-order valence-corrected chi connectivity index (χ0v) is 12.0. The van der Waals surface area contributed by atoms with Gasteiger partial charge in [-0.3, -0.25) is 0 Å². The molecule has 1 fully saturated rings. The fraction of sp³-hybridized carbons (Fsp3) is 0.923. The van der Waals surface area contributed by atoms with Gasteiger partial charge in [-0.25, -0.2) is 9.18 Å². The average molecular weight is 260 g/mol. The van der Waals surface area contributed by atoms with E-state index in [2.05, 4.69) is 5.32 Å². The van der Waals surface area contributed by atoms with E-state index in [0.717, 1.165) is 0 Å². The van der Waals surface area contributed by atoms with E-state index in [1.807, 2.05) is 20.8 Å². The Morgan fingerprint density at radius 2 is 2.06 bits per heavy atom. The highest BCUT2D eigenvalue weighted by molar-refractivity contribution is 5.68. The number of nitrogens with zero attached hydrogens (tertiary/aromatic N) is 1. The molecule has 0 aliphatic carbocycles. The second-order valence-electron chi connectivity index (χ2n) is 6.22. The van der Waals surface area contributed by atoms with Gasteiger partial charge in [0.05, 0.1) is 0 Å². The number of amides is 1. The van der Waals surface area contributed by atoms with E-state index in [-0.39, 0.29) is 12.0 Å². The summed E-state index contributed by atoms with van der Waals surface area (Å²) in [6, 6.07) is 0. The third kappa shape index (κ3) is 4.12. The molecule has 0 bridgehead atoms. The van der Waals surface area contributed by atoms with Crippen molar-refractivity contribution < 1.29 is 13.9 Å². The summed E-state index contributed by atoms with van der Waals surface area (Å²) < 4.78 is 19.6. The van der Waals surface area contributed by atoms with Crippen molar-refractivity contribution in [2.24, 2.45) is 5.92 Å². The summed E-state index contributed by atoms with van der Waals surface area (Å²) in [6.45, 7) is 8.40. The number of alkyl halides is 1. The minimum absolute atomic E-state index is 0.127. The Labute approximate surface area is 109 Å². The number of carbonyl (C=O) groups excluding carboxylic acids is 1. The van der Waals surface area contributed by atoms with Gasteiger partial charge in [0.1, 0.15) is 11.3 Å². The van der Waals surface area contributed by atoms with Crippen molar-refractivity contribution in [3.63, 3.8) is 0 Å². The second-order valence-corrected chi connectivity index (χ2v) is 6.22. The van der Waals surface area contributed by atoms with Crippen LogP contribution in [-0.2, 0) is 4.74 Å². The van der Waals surface area contributed by atoms with Gasteiger partial charge in [0.25, 0.3) is 0 Å². The number of carbonyl (C=O) groups is 1. The van der Waals surface area contributed by atoms with E-state index in [0.29, 0.717) is 26.1 Å². The predicted octanol–water partition coefficient (Wildman–Crippen LogP) is 2.19. The molecule has 2 atom stereocenters. The monoisotopic (exact) mass is 260 g/mol. The first-order chi connectivity index (χ1) is 8.15. The molecular weight excluding hydrogens is 235 g/mol. The third-order valence-electron chi connectivity index (χ3n) is 3.21. The van der Waals surface area contributed by atoms with Crippen LogP contribution in [0, 0.1) is 5.92 Å². The van der Waals surface area contributed by atoms with E-state index in [9.17, 15) is 9.18 Å². The van der Waals surface area contributed by atoms with E-state index >= 15 is 0 Å². The minimum atomic E-state index is -1.29. The molecule has 0 saturated carbocycles. The van der Waals surface area contributed by atoms with Crippen molar-refractivity contribution >= 4 is 6.09 Å². The van der Waals surface area contributed by atoms with Gasteiger partial charge < -0.3 is 15.0 Å². The molecule has 0 aromatic carbocycles. The minimum Gasteiger partial charge on any atom is -0.444 e. The third-order valence-corrected chi connectivity index (χ3v) is 3.21. The largest absolute Gasteiger partial charge is 0.444 e. The lowest BCUT2D eigenvalue weighted by Gasteiger charge is -2.28. The molecule has 18 heavy (non-hydrogen) atoms. The first-order valence-corrected chi connectivity index (χ1v) is 6.47. The molecule has 1 aliphatic rings. The molecule has 0 spiro atoms. The van der Waals surface area contributed by atoms with Crippen LogP contribution in [0.4, 0.5) is 9.18 Å². The van der Waals surface area contributed by atoms with Crippen molar-refractivity contribution in [1.29, 1.82) is 0 Å². The zero-order chi connectivity index (χ0) is 14.0. The highest BCUT2D eigenvalue weighted by atomic mass is 19.1. The van der Waals surface area contributed by atoms with Gasteiger partial charge in [-0.05, 0) is 41.2 Å².